The van der Waals surface area contributed by atoms with Gasteiger partial charge in [0.15, 0.2) is 0 Å². The predicted molar refractivity (Wildman–Crippen MR) is 249 cm³/mol. The summed E-state index contributed by atoms with van der Waals surface area (Å²) in [5.74, 6) is -5.91. The molecule has 8 atom stereocenters. The van der Waals surface area contributed by atoms with Gasteiger partial charge in [-0.05, 0) is 61.1 Å². The van der Waals surface area contributed by atoms with Crippen molar-refractivity contribution in [2.45, 2.75) is 87.9 Å². The summed E-state index contributed by atoms with van der Waals surface area (Å²) in [6, 6.07) is 13.8. The molecule has 0 saturated heterocycles. The minimum atomic E-state index is -1.64. The second-order valence-electron chi connectivity index (χ2n) is 15.9. The van der Waals surface area contributed by atoms with Crippen molar-refractivity contribution in [3.8, 4) is 0 Å². The van der Waals surface area contributed by atoms with Crippen molar-refractivity contribution >= 4 is 75.0 Å². The average Bonchev–Trinajstić information content (AvgIpc) is 3.92. The number of carboxylic acids is 1. The number of carboxylic acid groups (broad SMARTS) is 1. The number of carbonyl (C=O) groups excluding carboxylic acids is 6. The summed E-state index contributed by atoms with van der Waals surface area (Å²) < 4.78 is 0. The van der Waals surface area contributed by atoms with Gasteiger partial charge in [-0.2, -0.15) is 11.8 Å². The number of aliphatic carboxylic acids is 1. The number of aromatic nitrogens is 2. The molecule has 66 heavy (non-hydrogen) atoms. The Morgan fingerprint density at radius 2 is 1.06 bits per heavy atom. The Labute approximate surface area is 384 Å². The summed E-state index contributed by atoms with van der Waals surface area (Å²) in [5.41, 5.74) is 9.25. The highest BCUT2D eigenvalue weighted by atomic mass is 32.2. The number of aromatic amines is 2. The second kappa shape index (κ2) is 24.0. The minimum Gasteiger partial charge on any atom is -0.480 e. The lowest BCUT2D eigenvalue weighted by Crippen LogP contribution is -2.62. The number of fused-ring (bicyclic) bond motifs is 2. The average molecular weight is 928 g/mol. The molecule has 19 nitrogen and oxygen atoms in total. The Balaban J connectivity index is 1.37. The lowest BCUT2D eigenvalue weighted by molar-refractivity contribution is -0.141. The molecule has 0 aliphatic heterocycles. The van der Waals surface area contributed by atoms with Crippen molar-refractivity contribution in [1.82, 2.24) is 41.9 Å². The van der Waals surface area contributed by atoms with Gasteiger partial charge < -0.3 is 62.9 Å². The maximum absolute atomic E-state index is 14.3. The number of aliphatic hydroxyl groups is 2. The largest absolute Gasteiger partial charge is 0.480 e. The van der Waals surface area contributed by atoms with Crippen LogP contribution < -0.4 is 37.6 Å². The van der Waals surface area contributed by atoms with E-state index < -0.39 is 96.4 Å². The third kappa shape index (κ3) is 13.6. The van der Waals surface area contributed by atoms with E-state index in [4.69, 9.17) is 5.73 Å². The number of carbonyl (C=O) groups is 7. The Hall–Kier alpha value is -6.74. The van der Waals surface area contributed by atoms with Crippen molar-refractivity contribution in [1.29, 1.82) is 0 Å². The number of H-pyrrole nitrogens is 2. The van der Waals surface area contributed by atoms with Gasteiger partial charge in [-0.15, -0.1) is 0 Å². The maximum atomic E-state index is 14.3. The van der Waals surface area contributed by atoms with Crippen LogP contribution in [0.1, 0.15) is 37.0 Å². The van der Waals surface area contributed by atoms with Gasteiger partial charge in [-0.25, -0.2) is 0 Å². The van der Waals surface area contributed by atoms with Crippen LogP contribution >= 0.6 is 11.8 Å². The molecular weight excluding hydrogens is 871 g/mol. The van der Waals surface area contributed by atoms with Gasteiger partial charge in [0.1, 0.15) is 42.3 Å². The molecule has 13 N–H and O–H groups in total. The van der Waals surface area contributed by atoms with Crippen LogP contribution in [0.15, 0.2) is 91.3 Å². The monoisotopic (exact) mass is 927 g/mol. The SMILES string of the molecule is CSCC[C@H](NC(=O)[C@@H](NC(=O)[C@H](Cc1c[nH]c2ccccc12)NC(=O)[C@@H](N)CO)[C@@H](C)O)C(=O)N[C@@H](Cc1ccccc1)C(=O)N[C@@H](Cc1c[nH]c2ccccc12)C(=O)N[C@@H](C)C(=O)O. The van der Waals surface area contributed by atoms with Crippen LogP contribution in [0.5, 0.6) is 0 Å². The molecule has 0 aliphatic rings. The summed E-state index contributed by atoms with van der Waals surface area (Å²) in [4.78, 5) is 101. The topological polar surface area (TPSA) is 310 Å². The fourth-order valence-corrected chi connectivity index (χ4v) is 7.70. The van der Waals surface area contributed by atoms with E-state index >= 15 is 0 Å². The Bertz CT molecular complexity index is 2480. The zero-order valence-corrected chi connectivity index (χ0v) is 37.5. The number of hydrogen-bond donors (Lipinski definition) is 12. The first-order chi connectivity index (χ1) is 31.6. The van der Waals surface area contributed by atoms with Gasteiger partial charge in [-0.3, -0.25) is 33.6 Å². The van der Waals surface area contributed by atoms with Crippen molar-refractivity contribution in [2.75, 3.05) is 18.6 Å². The maximum Gasteiger partial charge on any atom is 0.325 e. The first-order valence-electron chi connectivity index (χ1n) is 21.3. The fourth-order valence-electron chi connectivity index (χ4n) is 7.23. The molecule has 20 heteroatoms. The molecule has 0 fully saturated rings. The molecule has 352 valence electrons. The number of aliphatic hydroxyl groups excluding tert-OH is 2. The zero-order chi connectivity index (χ0) is 47.9. The van der Waals surface area contributed by atoms with Gasteiger partial charge in [-0.1, -0.05) is 66.7 Å². The molecule has 0 radical (unpaired) electrons. The van der Waals surface area contributed by atoms with Crippen LogP contribution in [0, 0.1) is 0 Å². The zero-order valence-electron chi connectivity index (χ0n) is 36.7. The molecule has 2 heterocycles. The summed E-state index contributed by atoms with van der Waals surface area (Å²) in [6.45, 7) is 1.85. The summed E-state index contributed by atoms with van der Waals surface area (Å²) in [7, 11) is 0. The quantitative estimate of drug-likeness (QED) is 0.0394. The first-order valence-corrected chi connectivity index (χ1v) is 22.7. The molecule has 3 aromatic carbocycles. The summed E-state index contributed by atoms with van der Waals surface area (Å²) in [6.07, 6.45) is 3.52. The minimum absolute atomic E-state index is 0.0423. The van der Waals surface area contributed by atoms with E-state index in [1.54, 1.807) is 55.0 Å². The van der Waals surface area contributed by atoms with Crippen LogP contribution in [-0.4, -0.2) is 134 Å². The molecule has 0 spiro atoms. The molecule has 0 aliphatic carbocycles. The van der Waals surface area contributed by atoms with E-state index in [0.717, 1.165) is 21.8 Å². The highest BCUT2D eigenvalue weighted by Crippen LogP contribution is 2.21. The van der Waals surface area contributed by atoms with Crippen LogP contribution in [-0.2, 0) is 52.8 Å². The van der Waals surface area contributed by atoms with E-state index in [2.05, 4.69) is 41.9 Å². The van der Waals surface area contributed by atoms with Crippen LogP contribution in [0.25, 0.3) is 21.8 Å². The number of para-hydroxylation sites is 2. The number of thioether (sulfide) groups is 1. The fraction of sp³-hybridized carbons (Fsp3) is 0.370. The smallest absolute Gasteiger partial charge is 0.325 e. The Morgan fingerprint density at radius 3 is 1.58 bits per heavy atom. The van der Waals surface area contributed by atoms with E-state index in [0.29, 0.717) is 22.4 Å². The molecule has 6 amide bonds. The summed E-state index contributed by atoms with van der Waals surface area (Å²) in [5, 5.41) is 47.0. The van der Waals surface area contributed by atoms with Gasteiger partial charge in [0.05, 0.1) is 12.7 Å². The molecule has 0 bridgehead atoms. The number of benzene rings is 3. The normalized spacial score (nSPS) is 14.9. The predicted octanol–water partition coefficient (Wildman–Crippen LogP) is 0.144. The molecule has 0 unspecified atom stereocenters. The van der Waals surface area contributed by atoms with E-state index in [9.17, 15) is 48.9 Å². The molecule has 0 saturated carbocycles. The Kier molecular flexibility index (Phi) is 18.3. The highest BCUT2D eigenvalue weighted by Gasteiger charge is 2.35. The molecule has 2 aromatic heterocycles. The van der Waals surface area contributed by atoms with Crippen molar-refractivity contribution in [3.63, 3.8) is 0 Å². The van der Waals surface area contributed by atoms with Gasteiger partial charge in [0.25, 0.3) is 0 Å². The van der Waals surface area contributed by atoms with E-state index in [1.807, 2.05) is 42.5 Å². The number of amides is 6. The second-order valence-corrected chi connectivity index (χ2v) is 16.9. The Morgan fingerprint density at radius 1 is 0.606 bits per heavy atom. The van der Waals surface area contributed by atoms with E-state index in [-0.39, 0.29) is 25.7 Å². The van der Waals surface area contributed by atoms with Crippen molar-refractivity contribution in [2.24, 2.45) is 5.73 Å². The molecular formula is C46H57N9O10S. The highest BCUT2D eigenvalue weighted by molar-refractivity contribution is 7.98. The van der Waals surface area contributed by atoms with Crippen LogP contribution in [0.3, 0.4) is 0 Å². The molecule has 5 rings (SSSR count). The van der Waals surface area contributed by atoms with Gasteiger partial charge in [0.2, 0.25) is 35.4 Å². The number of nitrogens with two attached hydrogens (primary N) is 1. The van der Waals surface area contributed by atoms with Gasteiger partial charge >= 0.3 is 5.97 Å². The third-order valence-electron chi connectivity index (χ3n) is 10.9. The lowest BCUT2D eigenvalue weighted by Gasteiger charge is -2.28. The van der Waals surface area contributed by atoms with Crippen molar-refractivity contribution < 1.29 is 48.9 Å². The molecule has 5 aromatic rings. The standard InChI is InChI=1S/C46H57N9O10S/c1-25(46(64)65)50-42(60)37(20-28-22-48-33-15-9-7-13-30(28)33)54-43(61)36(19-27-11-5-4-6-12-27)53-41(59)35(17-18-66-3)51-45(63)39(26(2)57)55-44(62)38(52-40(58)32(47)24-56)21-29-23-49-34-16-10-8-14-31(29)34/h4-16,22-23,25-26,32,35-39,48-49,56-57H,17-21,24,47H2,1-3H3,(H,50,60)(H,51,63)(H,52,58)(H,53,59)(H,54,61)(H,55,62)(H,64,65)/t25-,26+,32-,35-,36-,37-,38-,39-/m0/s1. The number of hydrogen-bond acceptors (Lipinski definition) is 11. The van der Waals surface area contributed by atoms with Crippen molar-refractivity contribution in [3.05, 3.63) is 108 Å². The lowest BCUT2D eigenvalue weighted by atomic mass is 10.0. The summed E-state index contributed by atoms with van der Waals surface area (Å²) >= 11 is 1.38. The number of rotatable bonds is 24. The van der Waals surface area contributed by atoms with E-state index in [1.165, 1.54) is 25.6 Å². The van der Waals surface area contributed by atoms with Gasteiger partial charge in [0, 0.05) is 53.5 Å². The van der Waals surface area contributed by atoms with Crippen LogP contribution in [0.4, 0.5) is 0 Å². The first kappa shape index (κ1) is 50.3. The third-order valence-corrected chi connectivity index (χ3v) is 11.6. The number of nitrogens with one attached hydrogen (secondary N) is 8. The van der Waals surface area contributed by atoms with Crippen LogP contribution in [0.2, 0.25) is 0 Å².